The van der Waals surface area contributed by atoms with Gasteiger partial charge in [-0.1, -0.05) is 22.5 Å². The quantitative estimate of drug-likeness (QED) is 0.393. The highest BCUT2D eigenvalue weighted by molar-refractivity contribution is 9.10. The third-order valence-corrected chi connectivity index (χ3v) is 8.66. The molecule has 4 heterocycles. The second kappa shape index (κ2) is 11.4. The van der Waals surface area contributed by atoms with E-state index in [0.29, 0.717) is 43.9 Å². The Labute approximate surface area is 247 Å². The van der Waals surface area contributed by atoms with Crippen LogP contribution in [-0.2, 0) is 16.1 Å². The molecule has 11 heteroatoms. The zero-order chi connectivity index (χ0) is 29.4. The number of hydrogen-bond donors (Lipinski definition) is 0. The average Bonchev–Trinajstić information content (AvgIpc) is 3.21. The summed E-state index contributed by atoms with van der Waals surface area (Å²) in [7, 11) is 1.76. The predicted molar refractivity (Wildman–Crippen MR) is 159 cm³/mol. The molecule has 0 saturated carbocycles. The normalized spacial score (nSPS) is 17.2. The number of likely N-dealkylation sites (N-methyl/N-ethyl adjacent to an activating group) is 1. The first kappa shape index (κ1) is 28.4. The average molecular weight is 619 g/mol. The number of anilines is 1. The highest BCUT2D eigenvalue weighted by atomic mass is 79.9. The summed E-state index contributed by atoms with van der Waals surface area (Å²) in [6.07, 6.45) is 2.85. The van der Waals surface area contributed by atoms with Crippen molar-refractivity contribution in [3.8, 4) is 6.07 Å². The van der Waals surface area contributed by atoms with Gasteiger partial charge in [0.15, 0.2) is 0 Å². The van der Waals surface area contributed by atoms with Crippen LogP contribution >= 0.6 is 15.9 Å². The fraction of sp³-hybridized carbons (Fsp3) is 0.367. The van der Waals surface area contributed by atoms with Crippen LogP contribution in [0.15, 0.2) is 53.7 Å². The number of carbonyl (C=O) groups excluding carboxylic acids is 3. The van der Waals surface area contributed by atoms with Gasteiger partial charge in [0, 0.05) is 73.1 Å². The van der Waals surface area contributed by atoms with E-state index in [0.717, 1.165) is 26.9 Å². The van der Waals surface area contributed by atoms with E-state index >= 15 is 0 Å². The lowest BCUT2D eigenvalue weighted by molar-refractivity contribution is -0.142. The zero-order valence-electron chi connectivity index (χ0n) is 23.4. The van der Waals surface area contributed by atoms with E-state index in [1.807, 2.05) is 47.6 Å². The lowest BCUT2D eigenvalue weighted by atomic mass is 10.1. The van der Waals surface area contributed by atoms with Crippen LogP contribution in [0.4, 0.5) is 5.82 Å². The molecule has 3 aromatic rings. The van der Waals surface area contributed by atoms with Gasteiger partial charge in [-0.05, 0) is 50.3 Å². The number of carbonyl (C=O) groups is 3. The van der Waals surface area contributed by atoms with Gasteiger partial charge in [-0.15, -0.1) is 0 Å². The molecule has 5 rings (SSSR count). The van der Waals surface area contributed by atoms with Crippen LogP contribution in [0, 0.1) is 18.3 Å². The first-order chi connectivity index (χ1) is 19.6. The third-order valence-electron chi connectivity index (χ3n) is 8.17. The van der Waals surface area contributed by atoms with Crippen molar-refractivity contribution in [2.24, 2.45) is 0 Å². The number of fused-ring (bicyclic) bond motifs is 1. The molecule has 2 aliphatic heterocycles. The molecule has 1 aromatic carbocycles. The Bertz CT molecular complexity index is 1570. The number of nitrogens with zero attached hydrogens (tertiary/aromatic N) is 7. The monoisotopic (exact) mass is 617 g/mol. The molecule has 3 amide bonds. The van der Waals surface area contributed by atoms with E-state index < -0.39 is 0 Å². The van der Waals surface area contributed by atoms with Gasteiger partial charge >= 0.3 is 0 Å². The molecule has 0 unspecified atom stereocenters. The minimum atomic E-state index is -0.133. The maximum Gasteiger partial charge on any atom is 0.256 e. The van der Waals surface area contributed by atoms with Gasteiger partial charge in [-0.2, -0.15) is 5.26 Å². The summed E-state index contributed by atoms with van der Waals surface area (Å²) >= 11 is 3.55. The van der Waals surface area contributed by atoms with E-state index in [2.05, 4.69) is 38.5 Å². The SMILES string of the molecule is C=CC(=O)N1CC(N(C)C(=O)Cn2c(C)c(C(=O)N3CCN(c4ccc(C#N)cn4)C[C@@H]3C)c3cc(Br)ccc32)C1. The number of nitriles is 1. The highest BCUT2D eigenvalue weighted by Gasteiger charge is 2.36. The standard InChI is InChI=1S/C30H32BrN7O3/c1-5-27(39)36-16-23(17-36)34(4)28(40)18-38-20(3)29(24-12-22(31)7-8-25(24)38)30(41)37-11-10-35(15-19(37)2)26-9-6-21(13-32)14-33-26/h5-9,12,14,19,23H,1,10-11,15-18H2,2-4H3/t19-/m0/s1. The number of pyridine rings is 1. The number of amides is 3. The fourth-order valence-electron chi connectivity index (χ4n) is 5.64. The van der Waals surface area contributed by atoms with Gasteiger partial charge in [-0.3, -0.25) is 14.4 Å². The molecule has 1 atom stereocenters. The van der Waals surface area contributed by atoms with E-state index in [1.165, 1.54) is 6.08 Å². The Hall–Kier alpha value is -4.17. The summed E-state index contributed by atoms with van der Waals surface area (Å²) in [5.41, 5.74) is 2.67. The summed E-state index contributed by atoms with van der Waals surface area (Å²) < 4.78 is 2.77. The molecular weight excluding hydrogens is 586 g/mol. The first-order valence-electron chi connectivity index (χ1n) is 13.5. The van der Waals surface area contributed by atoms with Crippen molar-refractivity contribution in [1.29, 1.82) is 5.26 Å². The summed E-state index contributed by atoms with van der Waals surface area (Å²) in [5, 5.41) is 9.86. The van der Waals surface area contributed by atoms with Crippen molar-refractivity contribution in [1.82, 2.24) is 24.3 Å². The summed E-state index contributed by atoms with van der Waals surface area (Å²) in [4.78, 5) is 51.0. The Morgan fingerprint density at radius 2 is 1.95 bits per heavy atom. The van der Waals surface area contributed by atoms with Crippen molar-refractivity contribution >= 4 is 50.4 Å². The molecule has 0 radical (unpaired) electrons. The van der Waals surface area contributed by atoms with Crippen LogP contribution in [-0.4, -0.2) is 93.8 Å². The topological polar surface area (TPSA) is 106 Å². The summed E-state index contributed by atoms with van der Waals surface area (Å²) in [6, 6.07) is 11.3. The molecule has 2 saturated heterocycles. The molecule has 41 heavy (non-hydrogen) atoms. The van der Waals surface area contributed by atoms with E-state index in [9.17, 15) is 14.4 Å². The predicted octanol–water partition coefficient (Wildman–Crippen LogP) is 3.19. The second-order valence-electron chi connectivity index (χ2n) is 10.6. The number of piperazine rings is 1. The van der Waals surface area contributed by atoms with Gasteiger partial charge in [-0.25, -0.2) is 4.98 Å². The second-order valence-corrected chi connectivity index (χ2v) is 11.5. The molecule has 212 valence electrons. The first-order valence-corrected chi connectivity index (χ1v) is 14.3. The molecule has 0 bridgehead atoms. The molecule has 0 N–H and O–H groups in total. The highest BCUT2D eigenvalue weighted by Crippen LogP contribution is 2.31. The Morgan fingerprint density at radius 3 is 2.59 bits per heavy atom. The minimum Gasteiger partial charge on any atom is -0.353 e. The van der Waals surface area contributed by atoms with Crippen LogP contribution in [0.5, 0.6) is 0 Å². The maximum absolute atomic E-state index is 14.1. The van der Waals surface area contributed by atoms with Gasteiger partial charge < -0.3 is 24.2 Å². The minimum absolute atomic E-state index is 0.0495. The fourth-order valence-corrected chi connectivity index (χ4v) is 6.00. The van der Waals surface area contributed by atoms with Crippen molar-refractivity contribution in [2.45, 2.75) is 32.5 Å². The maximum atomic E-state index is 14.1. The Balaban J connectivity index is 1.36. The van der Waals surface area contributed by atoms with Crippen LogP contribution in [0.3, 0.4) is 0 Å². The smallest absolute Gasteiger partial charge is 0.256 e. The van der Waals surface area contributed by atoms with Gasteiger partial charge in [0.25, 0.3) is 5.91 Å². The summed E-state index contributed by atoms with van der Waals surface area (Å²) in [5.74, 6) is 0.499. The number of hydrogen-bond acceptors (Lipinski definition) is 6. The van der Waals surface area contributed by atoms with Crippen molar-refractivity contribution in [3.63, 3.8) is 0 Å². The molecular formula is C30H32BrN7O3. The summed E-state index contributed by atoms with van der Waals surface area (Å²) in [6.45, 7) is 10.2. The van der Waals surface area contributed by atoms with Crippen molar-refractivity contribution in [2.75, 3.05) is 44.7 Å². The molecule has 2 aromatic heterocycles. The largest absolute Gasteiger partial charge is 0.353 e. The van der Waals surface area contributed by atoms with Crippen LogP contribution in [0.1, 0.15) is 28.5 Å². The number of likely N-dealkylation sites (tertiary alicyclic amines) is 1. The van der Waals surface area contributed by atoms with Crippen LogP contribution in [0.2, 0.25) is 0 Å². The van der Waals surface area contributed by atoms with Crippen LogP contribution < -0.4 is 4.90 Å². The van der Waals surface area contributed by atoms with Crippen LogP contribution in [0.25, 0.3) is 10.9 Å². The van der Waals surface area contributed by atoms with E-state index in [-0.39, 0.29) is 36.3 Å². The number of rotatable bonds is 6. The van der Waals surface area contributed by atoms with Gasteiger partial charge in [0.2, 0.25) is 11.8 Å². The van der Waals surface area contributed by atoms with E-state index in [4.69, 9.17) is 5.26 Å². The van der Waals surface area contributed by atoms with Crippen molar-refractivity contribution < 1.29 is 14.4 Å². The van der Waals surface area contributed by atoms with Gasteiger partial charge in [0.05, 0.1) is 17.2 Å². The Morgan fingerprint density at radius 1 is 1.20 bits per heavy atom. The molecule has 0 aliphatic carbocycles. The molecule has 0 spiro atoms. The molecule has 2 fully saturated rings. The van der Waals surface area contributed by atoms with Crippen molar-refractivity contribution in [3.05, 3.63) is 70.5 Å². The zero-order valence-corrected chi connectivity index (χ0v) is 25.0. The molecule has 2 aliphatic rings. The number of aromatic nitrogens is 2. The molecule has 10 nitrogen and oxygen atoms in total. The third kappa shape index (κ3) is 5.32. The number of benzene rings is 1. The lowest BCUT2D eigenvalue weighted by Gasteiger charge is -2.43. The van der Waals surface area contributed by atoms with E-state index in [1.54, 1.807) is 29.1 Å². The number of halogens is 1. The van der Waals surface area contributed by atoms with Gasteiger partial charge in [0.1, 0.15) is 18.4 Å². The lowest BCUT2D eigenvalue weighted by Crippen LogP contribution is -2.61. The Kier molecular flexibility index (Phi) is 7.87.